The molecule has 0 saturated carbocycles. The van der Waals surface area contributed by atoms with Crippen molar-refractivity contribution in [2.45, 2.75) is 78.7 Å². The monoisotopic (exact) mass is 409 g/mol. The van der Waals surface area contributed by atoms with Crippen LogP contribution in [0.3, 0.4) is 0 Å². The lowest BCUT2D eigenvalue weighted by Crippen LogP contribution is -2.56. The van der Waals surface area contributed by atoms with Crippen LogP contribution in [-0.4, -0.2) is 62.1 Å². The summed E-state index contributed by atoms with van der Waals surface area (Å²) in [6.07, 6.45) is 6.29. The number of carbonyl (C=O) groups is 2. The first-order valence-corrected chi connectivity index (χ1v) is 11.8. The Balaban J connectivity index is 2.14. The Bertz CT molecular complexity index is 515. The Morgan fingerprint density at radius 2 is 1.76 bits per heavy atom. The molecule has 0 radical (unpaired) electrons. The summed E-state index contributed by atoms with van der Waals surface area (Å²) in [7, 11) is 0. The van der Waals surface area contributed by atoms with Crippen molar-refractivity contribution in [3.05, 3.63) is 0 Å². The van der Waals surface area contributed by atoms with Crippen molar-refractivity contribution < 1.29 is 14.3 Å². The molecule has 0 bridgehead atoms. The third kappa shape index (κ3) is 7.25. The zero-order valence-electron chi connectivity index (χ0n) is 19.1. The van der Waals surface area contributed by atoms with E-state index in [9.17, 15) is 9.59 Å². The molecule has 6 heteroatoms. The van der Waals surface area contributed by atoms with Crippen LogP contribution in [0.1, 0.15) is 72.6 Å². The van der Waals surface area contributed by atoms with Gasteiger partial charge in [-0.2, -0.15) is 0 Å². The second-order valence-corrected chi connectivity index (χ2v) is 9.53. The minimum Gasteiger partial charge on any atom is -0.381 e. The average molecular weight is 410 g/mol. The number of rotatable bonds is 4. The highest BCUT2D eigenvalue weighted by Gasteiger charge is 2.42. The number of carbonyl (C=O) groups excluding carboxylic acids is 2. The second kappa shape index (κ2) is 11.9. The van der Waals surface area contributed by atoms with Crippen LogP contribution in [0.25, 0.3) is 0 Å². The molecule has 0 aliphatic carbocycles. The highest BCUT2D eigenvalue weighted by molar-refractivity contribution is 5.90. The molecule has 0 unspecified atom stereocenters. The van der Waals surface area contributed by atoms with Crippen molar-refractivity contribution >= 4 is 11.8 Å². The van der Waals surface area contributed by atoms with Crippen molar-refractivity contribution in [1.82, 2.24) is 15.5 Å². The molecule has 0 aromatic heterocycles. The van der Waals surface area contributed by atoms with Crippen LogP contribution < -0.4 is 10.6 Å². The minimum atomic E-state index is -0.457. The molecule has 0 aromatic rings. The van der Waals surface area contributed by atoms with E-state index < -0.39 is 6.04 Å². The van der Waals surface area contributed by atoms with Crippen molar-refractivity contribution in [1.29, 1.82) is 0 Å². The number of nitrogens with zero attached hydrogens (tertiary/aromatic N) is 1. The second-order valence-electron chi connectivity index (χ2n) is 9.53. The molecular formula is C23H43N3O3. The van der Waals surface area contributed by atoms with E-state index >= 15 is 0 Å². The zero-order chi connectivity index (χ0) is 21.3. The number of ether oxygens (including phenoxy) is 1. The van der Waals surface area contributed by atoms with Crippen molar-refractivity contribution in [3.8, 4) is 0 Å². The molecule has 29 heavy (non-hydrogen) atoms. The standard InChI is InChI=1S/C23H43N3O3/c1-5-19(4)20-21(27)24-12-8-16-29-15-7-6-9-23(22(28)25-20)10-13-26(14-11-23)17-18(2)3/h18-20H,5-17H2,1-4H3,(H,24,27)(H,25,28)/t19-,20-/m0/s1. The van der Waals surface area contributed by atoms with Gasteiger partial charge in [0.15, 0.2) is 0 Å². The first-order valence-electron chi connectivity index (χ1n) is 11.8. The maximum Gasteiger partial charge on any atom is 0.242 e. The minimum absolute atomic E-state index is 0.0582. The van der Waals surface area contributed by atoms with Crippen LogP contribution in [-0.2, 0) is 14.3 Å². The van der Waals surface area contributed by atoms with E-state index in [-0.39, 0.29) is 23.1 Å². The maximum atomic E-state index is 13.5. The summed E-state index contributed by atoms with van der Waals surface area (Å²) >= 11 is 0. The summed E-state index contributed by atoms with van der Waals surface area (Å²) < 4.78 is 5.71. The summed E-state index contributed by atoms with van der Waals surface area (Å²) in [6.45, 7) is 13.6. The largest absolute Gasteiger partial charge is 0.381 e. The number of likely N-dealkylation sites (tertiary alicyclic amines) is 1. The van der Waals surface area contributed by atoms with Gasteiger partial charge in [0, 0.05) is 26.3 Å². The van der Waals surface area contributed by atoms with Gasteiger partial charge in [0.05, 0.1) is 5.41 Å². The lowest BCUT2D eigenvalue weighted by atomic mass is 9.73. The van der Waals surface area contributed by atoms with Crippen molar-refractivity contribution in [2.24, 2.45) is 17.3 Å². The van der Waals surface area contributed by atoms with Gasteiger partial charge in [0.25, 0.3) is 0 Å². The summed E-state index contributed by atoms with van der Waals surface area (Å²) in [6, 6.07) is -0.457. The molecule has 2 amide bonds. The van der Waals surface area contributed by atoms with Gasteiger partial charge in [0.1, 0.15) is 6.04 Å². The van der Waals surface area contributed by atoms with Crippen LogP contribution in [0.4, 0.5) is 0 Å². The van der Waals surface area contributed by atoms with Gasteiger partial charge in [-0.3, -0.25) is 9.59 Å². The number of nitrogens with one attached hydrogen (secondary N) is 2. The SMILES string of the molecule is CC[C@H](C)[C@@H]1NC(=O)C2(CCCCOCCCNC1=O)CCN(CC(C)C)CC2. The van der Waals surface area contributed by atoms with Gasteiger partial charge >= 0.3 is 0 Å². The first kappa shape index (κ1) is 24.1. The Morgan fingerprint density at radius 1 is 1.07 bits per heavy atom. The Labute approximate surface area is 177 Å². The van der Waals surface area contributed by atoms with Crippen LogP contribution in [0, 0.1) is 17.3 Å². The van der Waals surface area contributed by atoms with Gasteiger partial charge in [-0.05, 0) is 57.0 Å². The van der Waals surface area contributed by atoms with Gasteiger partial charge in [0.2, 0.25) is 11.8 Å². The highest BCUT2D eigenvalue weighted by atomic mass is 16.5. The summed E-state index contributed by atoms with van der Waals surface area (Å²) in [5.74, 6) is 0.774. The molecular weight excluding hydrogens is 366 g/mol. The number of hydrogen-bond acceptors (Lipinski definition) is 4. The van der Waals surface area contributed by atoms with Gasteiger partial charge in [-0.25, -0.2) is 0 Å². The Morgan fingerprint density at radius 3 is 2.41 bits per heavy atom. The molecule has 1 spiro atoms. The quantitative estimate of drug-likeness (QED) is 0.749. The Kier molecular flexibility index (Phi) is 9.90. The van der Waals surface area contributed by atoms with Crippen LogP contribution >= 0.6 is 0 Å². The molecule has 2 aliphatic heterocycles. The third-order valence-electron chi connectivity index (χ3n) is 6.66. The topological polar surface area (TPSA) is 70.7 Å². The van der Waals surface area contributed by atoms with E-state index in [1.54, 1.807) is 0 Å². The summed E-state index contributed by atoms with van der Waals surface area (Å²) in [4.78, 5) is 28.8. The highest BCUT2D eigenvalue weighted by Crippen LogP contribution is 2.37. The van der Waals surface area contributed by atoms with E-state index in [0.29, 0.717) is 19.1 Å². The predicted octanol–water partition coefficient (Wildman–Crippen LogP) is 2.96. The number of hydrogen-bond donors (Lipinski definition) is 2. The third-order valence-corrected chi connectivity index (χ3v) is 6.66. The molecule has 2 atom stereocenters. The maximum absolute atomic E-state index is 13.5. The fraction of sp³-hybridized carbons (Fsp3) is 0.913. The van der Waals surface area contributed by atoms with Crippen LogP contribution in [0.2, 0.25) is 0 Å². The van der Waals surface area contributed by atoms with Gasteiger partial charge in [-0.1, -0.05) is 40.5 Å². The molecule has 2 N–H and O–H groups in total. The van der Waals surface area contributed by atoms with E-state index in [1.165, 1.54) is 0 Å². The first-order chi connectivity index (χ1) is 13.9. The zero-order valence-corrected chi connectivity index (χ0v) is 19.1. The van der Waals surface area contributed by atoms with E-state index in [2.05, 4.69) is 43.2 Å². The van der Waals surface area contributed by atoms with Crippen LogP contribution in [0.15, 0.2) is 0 Å². The summed E-state index contributed by atoms with van der Waals surface area (Å²) in [5, 5.41) is 6.19. The molecule has 2 rings (SSSR count). The Hall–Kier alpha value is -1.14. The fourth-order valence-corrected chi connectivity index (χ4v) is 4.53. The lowest BCUT2D eigenvalue weighted by molar-refractivity contribution is -0.139. The molecule has 2 heterocycles. The van der Waals surface area contributed by atoms with E-state index in [1.807, 2.05) is 0 Å². The van der Waals surface area contributed by atoms with Crippen molar-refractivity contribution in [2.75, 3.05) is 39.4 Å². The van der Waals surface area contributed by atoms with E-state index in [4.69, 9.17) is 4.74 Å². The molecule has 2 fully saturated rings. The van der Waals surface area contributed by atoms with Crippen molar-refractivity contribution in [3.63, 3.8) is 0 Å². The summed E-state index contributed by atoms with van der Waals surface area (Å²) in [5.41, 5.74) is -0.358. The van der Waals surface area contributed by atoms with Gasteiger partial charge in [-0.15, -0.1) is 0 Å². The molecule has 0 aromatic carbocycles. The number of piperidine rings is 1. The normalized spacial score (nSPS) is 26.6. The molecule has 168 valence electrons. The fourth-order valence-electron chi connectivity index (χ4n) is 4.53. The molecule has 6 nitrogen and oxygen atoms in total. The molecule has 2 saturated heterocycles. The average Bonchev–Trinajstić information content (AvgIpc) is 2.70. The molecule has 2 aliphatic rings. The smallest absolute Gasteiger partial charge is 0.242 e. The van der Waals surface area contributed by atoms with Crippen LogP contribution in [0.5, 0.6) is 0 Å². The number of amides is 2. The predicted molar refractivity (Wildman–Crippen MR) is 117 cm³/mol. The van der Waals surface area contributed by atoms with E-state index in [0.717, 1.165) is 71.2 Å². The van der Waals surface area contributed by atoms with Gasteiger partial charge < -0.3 is 20.3 Å². The lowest BCUT2D eigenvalue weighted by Gasteiger charge is -2.42.